The van der Waals surface area contributed by atoms with Gasteiger partial charge in [-0.1, -0.05) is 6.07 Å². The molecule has 0 bridgehead atoms. The number of anilines is 1. The maximum atomic E-state index is 4.87. The number of fused-ring (bicyclic) bond motifs is 1. The Balaban J connectivity index is 1.78. The van der Waals surface area contributed by atoms with Crippen LogP contribution in [0.2, 0.25) is 0 Å². The van der Waals surface area contributed by atoms with Crippen LogP contribution in [-0.2, 0) is 6.42 Å². The molecule has 108 valence electrons. The Morgan fingerprint density at radius 3 is 2.90 bits per heavy atom. The predicted octanol–water partition coefficient (Wildman–Crippen LogP) is 3.26. The second kappa shape index (κ2) is 5.10. The highest BCUT2D eigenvalue weighted by molar-refractivity contribution is 5.41. The molecule has 1 unspecified atom stereocenters. The lowest BCUT2D eigenvalue weighted by Crippen LogP contribution is -2.15. The van der Waals surface area contributed by atoms with Crippen molar-refractivity contribution in [1.82, 2.24) is 15.0 Å². The minimum atomic E-state index is 0.322. The van der Waals surface area contributed by atoms with Gasteiger partial charge in [0.2, 0.25) is 0 Å². The summed E-state index contributed by atoms with van der Waals surface area (Å²) in [5, 5.41) is 3.18. The van der Waals surface area contributed by atoms with Crippen molar-refractivity contribution in [2.45, 2.75) is 43.9 Å². The van der Waals surface area contributed by atoms with E-state index in [1.54, 1.807) is 0 Å². The Labute approximate surface area is 125 Å². The van der Waals surface area contributed by atoms with E-state index in [9.17, 15) is 0 Å². The minimum absolute atomic E-state index is 0.322. The van der Waals surface area contributed by atoms with Gasteiger partial charge in [0, 0.05) is 31.1 Å². The zero-order valence-electron chi connectivity index (χ0n) is 12.3. The Morgan fingerprint density at radius 2 is 2.10 bits per heavy atom. The summed E-state index contributed by atoms with van der Waals surface area (Å²) in [6.07, 6.45) is 7.84. The molecule has 2 heterocycles. The van der Waals surface area contributed by atoms with E-state index >= 15 is 0 Å². The topological polar surface area (TPSA) is 50.7 Å². The molecule has 4 nitrogen and oxygen atoms in total. The third kappa shape index (κ3) is 2.39. The molecule has 1 saturated carbocycles. The highest BCUT2D eigenvalue weighted by Gasteiger charge is 2.30. The molecule has 0 aliphatic heterocycles. The van der Waals surface area contributed by atoms with Crippen molar-refractivity contribution in [2.24, 2.45) is 0 Å². The summed E-state index contributed by atoms with van der Waals surface area (Å²) in [7, 11) is 1.93. The number of rotatable bonds is 3. The first kappa shape index (κ1) is 12.7. The number of aryl methyl sites for hydroxylation is 1. The zero-order valence-corrected chi connectivity index (χ0v) is 12.3. The number of nitrogens with one attached hydrogen (secondary N) is 1. The van der Waals surface area contributed by atoms with E-state index in [1.165, 1.54) is 30.5 Å². The minimum Gasteiger partial charge on any atom is -0.373 e. The number of pyridine rings is 1. The fourth-order valence-electron chi connectivity index (χ4n) is 3.21. The molecule has 1 N–H and O–H groups in total. The van der Waals surface area contributed by atoms with E-state index in [-0.39, 0.29) is 0 Å². The SMILES string of the molecule is CNc1cc(C2CCCc3cccnc32)nc(C2CC2)n1. The molecule has 0 amide bonds. The number of aromatic nitrogens is 3. The molecule has 2 aliphatic rings. The zero-order chi connectivity index (χ0) is 14.2. The van der Waals surface area contributed by atoms with Crippen molar-refractivity contribution in [3.05, 3.63) is 47.2 Å². The second-order valence-electron chi connectivity index (χ2n) is 6.05. The Kier molecular flexibility index (Phi) is 3.09. The highest BCUT2D eigenvalue weighted by atomic mass is 15.0. The second-order valence-corrected chi connectivity index (χ2v) is 6.05. The molecule has 1 fully saturated rings. The van der Waals surface area contributed by atoms with Crippen LogP contribution < -0.4 is 5.32 Å². The number of hydrogen-bond donors (Lipinski definition) is 1. The molecule has 2 aliphatic carbocycles. The number of hydrogen-bond acceptors (Lipinski definition) is 4. The van der Waals surface area contributed by atoms with Gasteiger partial charge in [-0.15, -0.1) is 0 Å². The predicted molar refractivity (Wildman–Crippen MR) is 82.6 cm³/mol. The Bertz CT molecular complexity index is 664. The van der Waals surface area contributed by atoms with Crippen LogP contribution in [0.4, 0.5) is 5.82 Å². The van der Waals surface area contributed by atoms with E-state index in [4.69, 9.17) is 4.98 Å². The third-order valence-electron chi connectivity index (χ3n) is 4.51. The summed E-state index contributed by atoms with van der Waals surface area (Å²) in [6.45, 7) is 0. The lowest BCUT2D eigenvalue weighted by molar-refractivity contribution is 0.584. The van der Waals surface area contributed by atoms with Gasteiger partial charge in [-0.25, -0.2) is 9.97 Å². The maximum Gasteiger partial charge on any atom is 0.134 e. The standard InChI is InChI=1S/C17H20N4/c1-18-15-10-14(20-17(21-15)12-7-8-12)13-6-2-4-11-5-3-9-19-16(11)13/h3,5,9-10,12-13H,2,4,6-8H2,1H3,(H,18,20,21). The maximum absolute atomic E-state index is 4.87. The Hall–Kier alpha value is -1.97. The summed E-state index contributed by atoms with van der Waals surface area (Å²) in [4.78, 5) is 14.1. The van der Waals surface area contributed by atoms with E-state index < -0.39 is 0 Å². The monoisotopic (exact) mass is 280 g/mol. The van der Waals surface area contributed by atoms with E-state index in [1.807, 2.05) is 19.3 Å². The highest BCUT2D eigenvalue weighted by Crippen LogP contribution is 2.40. The van der Waals surface area contributed by atoms with Gasteiger partial charge in [0.15, 0.2) is 0 Å². The van der Waals surface area contributed by atoms with Gasteiger partial charge in [0.1, 0.15) is 11.6 Å². The fourth-order valence-corrected chi connectivity index (χ4v) is 3.21. The lowest BCUT2D eigenvalue weighted by Gasteiger charge is -2.24. The average Bonchev–Trinajstić information content (AvgIpc) is 3.39. The van der Waals surface area contributed by atoms with Gasteiger partial charge in [0.05, 0.1) is 11.4 Å². The van der Waals surface area contributed by atoms with Crippen LogP contribution in [0.5, 0.6) is 0 Å². The van der Waals surface area contributed by atoms with Crippen LogP contribution in [0.25, 0.3) is 0 Å². The van der Waals surface area contributed by atoms with Gasteiger partial charge >= 0.3 is 0 Å². The van der Waals surface area contributed by atoms with E-state index in [2.05, 4.69) is 27.4 Å². The molecular weight excluding hydrogens is 260 g/mol. The summed E-state index contributed by atoms with van der Waals surface area (Å²) in [5.41, 5.74) is 3.73. The van der Waals surface area contributed by atoms with E-state index in [0.29, 0.717) is 11.8 Å². The first-order valence-electron chi connectivity index (χ1n) is 7.85. The molecule has 1 atom stereocenters. The van der Waals surface area contributed by atoms with Gasteiger partial charge in [0.25, 0.3) is 0 Å². The molecule has 2 aromatic rings. The molecular formula is C17H20N4. The number of nitrogens with zero attached hydrogens (tertiary/aromatic N) is 3. The Morgan fingerprint density at radius 1 is 1.19 bits per heavy atom. The molecule has 0 aromatic carbocycles. The largest absolute Gasteiger partial charge is 0.373 e. The van der Waals surface area contributed by atoms with Crippen molar-refractivity contribution in [3.8, 4) is 0 Å². The fraction of sp³-hybridized carbons (Fsp3) is 0.471. The molecule has 2 aromatic heterocycles. The van der Waals surface area contributed by atoms with Crippen LogP contribution in [0.3, 0.4) is 0 Å². The molecule has 21 heavy (non-hydrogen) atoms. The molecule has 0 spiro atoms. The lowest BCUT2D eigenvalue weighted by atomic mass is 9.84. The van der Waals surface area contributed by atoms with Crippen LogP contribution in [0.1, 0.15) is 60.3 Å². The molecule has 0 saturated heterocycles. The van der Waals surface area contributed by atoms with Crippen molar-refractivity contribution < 1.29 is 0 Å². The summed E-state index contributed by atoms with van der Waals surface area (Å²) in [5.74, 6) is 2.84. The van der Waals surface area contributed by atoms with E-state index in [0.717, 1.165) is 30.2 Å². The molecule has 4 heteroatoms. The van der Waals surface area contributed by atoms with Crippen molar-refractivity contribution in [2.75, 3.05) is 12.4 Å². The van der Waals surface area contributed by atoms with Crippen LogP contribution in [0, 0.1) is 0 Å². The van der Waals surface area contributed by atoms with Crippen molar-refractivity contribution >= 4 is 5.82 Å². The first-order valence-corrected chi connectivity index (χ1v) is 7.85. The smallest absolute Gasteiger partial charge is 0.134 e. The van der Waals surface area contributed by atoms with Crippen molar-refractivity contribution in [3.63, 3.8) is 0 Å². The molecule has 4 rings (SSSR count). The van der Waals surface area contributed by atoms with Gasteiger partial charge in [-0.3, -0.25) is 4.98 Å². The van der Waals surface area contributed by atoms with Gasteiger partial charge in [-0.2, -0.15) is 0 Å². The van der Waals surface area contributed by atoms with Gasteiger partial charge in [-0.05, 0) is 43.7 Å². The molecule has 0 radical (unpaired) electrons. The average molecular weight is 280 g/mol. The summed E-state index contributed by atoms with van der Waals surface area (Å²) in [6, 6.07) is 6.34. The van der Waals surface area contributed by atoms with Crippen LogP contribution in [0.15, 0.2) is 24.4 Å². The van der Waals surface area contributed by atoms with Gasteiger partial charge < -0.3 is 5.32 Å². The van der Waals surface area contributed by atoms with Crippen LogP contribution in [-0.4, -0.2) is 22.0 Å². The summed E-state index contributed by atoms with van der Waals surface area (Å²) >= 11 is 0. The normalized spacial score (nSPS) is 20.9. The van der Waals surface area contributed by atoms with Crippen molar-refractivity contribution in [1.29, 1.82) is 0 Å². The quantitative estimate of drug-likeness (QED) is 0.937. The van der Waals surface area contributed by atoms with Crippen LogP contribution >= 0.6 is 0 Å². The third-order valence-corrected chi connectivity index (χ3v) is 4.51. The first-order chi connectivity index (χ1) is 10.3. The summed E-state index contributed by atoms with van der Waals surface area (Å²) < 4.78 is 0.